The van der Waals surface area contributed by atoms with Gasteiger partial charge in [0.25, 0.3) is 0 Å². The summed E-state index contributed by atoms with van der Waals surface area (Å²) in [6.45, 7) is 5.19. The Morgan fingerprint density at radius 2 is 2.25 bits per heavy atom. The van der Waals surface area contributed by atoms with Crippen LogP contribution in [0.1, 0.15) is 26.7 Å². The summed E-state index contributed by atoms with van der Waals surface area (Å²) in [5, 5.41) is 6.52. The molecule has 0 aromatic heterocycles. The molecule has 16 heavy (non-hydrogen) atoms. The van der Waals surface area contributed by atoms with Gasteiger partial charge in [-0.2, -0.15) is 0 Å². The molecule has 0 saturated carbocycles. The third kappa shape index (κ3) is 7.09. The summed E-state index contributed by atoms with van der Waals surface area (Å²) in [6.07, 6.45) is 1.46. The third-order valence-electron chi connectivity index (χ3n) is 2.08. The van der Waals surface area contributed by atoms with E-state index in [2.05, 4.69) is 29.2 Å². The van der Waals surface area contributed by atoms with Gasteiger partial charge in [-0.25, -0.2) is 0 Å². The summed E-state index contributed by atoms with van der Waals surface area (Å²) in [6, 6.07) is -0.268. The second-order valence-corrected chi connectivity index (χ2v) is 3.97. The van der Waals surface area contributed by atoms with Crippen LogP contribution < -0.4 is 5.32 Å². The Morgan fingerprint density at radius 3 is 2.75 bits per heavy atom. The van der Waals surface area contributed by atoms with Crippen molar-refractivity contribution in [1.29, 1.82) is 0 Å². The average molecular weight is 228 g/mol. The molecule has 0 heterocycles. The van der Waals surface area contributed by atoms with Crippen molar-refractivity contribution in [3.8, 4) is 0 Å². The zero-order valence-electron chi connectivity index (χ0n) is 10.1. The molecule has 0 bridgehead atoms. The number of azide groups is 1. The molecular formula is C10H20N4O2. The van der Waals surface area contributed by atoms with E-state index in [0.717, 1.165) is 12.8 Å². The lowest BCUT2D eigenvalue weighted by Crippen LogP contribution is -2.39. The van der Waals surface area contributed by atoms with Crippen LogP contribution >= 0.6 is 0 Å². The molecular weight excluding hydrogens is 208 g/mol. The van der Waals surface area contributed by atoms with E-state index in [0.29, 0.717) is 19.0 Å². The van der Waals surface area contributed by atoms with Gasteiger partial charge in [-0.15, -0.1) is 0 Å². The van der Waals surface area contributed by atoms with Crippen molar-refractivity contribution in [2.24, 2.45) is 11.0 Å². The normalized spacial score (nSPS) is 12.0. The van der Waals surface area contributed by atoms with Crippen LogP contribution in [0.3, 0.4) is 0 Å². The minimum Gasteiger partial charge on any atom is -0.468 e. The molecule has 0 aliphatic carbocycles. The van der Waals surface area contributed by atoms with Crippen LogP contribution in [-0.4, -0.2) is 32.2 Å². The highest BCUT2D eigenvalue weighted by molar-refractivity contribution is 5.75. The number of rotatable bonds is 8. The molecule has 0 rings (SSSR count). The Morgan fingerprint density at radius 1 is 1.56 bits per heavy atom. The number of hydrogen-bond donors (Lipinski definition) is 1. The van der Waals surface area contributed by atoms with Crippen molar-refractivity contribution in [2.75, 3.05) is 20.2 Å². The quantitative estimate of drug-likeness (QED) is 0.226. The van der Waals surface area contributed by atoms with E-state index in [4.69, 9.17) is 10.3 Å². The second-order valence-electron chi connectivity index (χ2n) is 3.97. The SMILES string of the molecule is COC(=O)C(CC(C)C)NCCCN=[N+]=[N-]. The third-order valence-corrected chi connectivity index (χ3v) is 2.08. The number of esters is 1. The highest BCUT2D eigenvalue weighted by atomic mass is 16.5. The van der Waals surface area contributed by atoms with E-state index in [1.165, 1.54) is 7.11 Å². The summed E-state index contributed by atoms with van der Waals surface area (Å²) < 4.78 is 4.71. The molecule has 6 heteroatoms. The molecule has 0 radical (unpaired) electrons. The summed E-state index contributed by atoms with van der Waals surface area (Å²) in [7, 11) is 1.39. The summed E-state index contributed by atoms with van der Waals surface area (Å²) in [4.78, 5) is 14.1. The van der Waals surface area contributed by atoms with Crippen LogP contribution in [0.25, 0.3) is 10.4 Å². The maximum absolute atomic E-state index is 11.4. The molecule has 0 aliphatic heterocycles. The molecule has 0 fully saturated rings. The predicted molar refractivity (Wildman–Crippen MR) is 61.9 cm³/mol. The number of hydrogen-bond acceptors (Lipinski definition) is 4. The Balaban J connectivity index is 3.91. The minimum absolute atomic E-state index is 0.238. The van der Waals surface area contributed by atoms with Gasteiger partial charge >= 0.3 is 5.97 Å². The smallest absolute Gasteiger partial charge is 0.322 e. The van der Waals surface area contributed by atoms with Gasteiger partial charge in [0.15, 0.2) is 0 Å². The first-order valence-corrected chi connectivity index (χ1v) is 5.43. The molecule has 0 spiro atoms. The number of ether oxygens (including phenoxy) is 1. The van der Waals surface area contributed by atoms with Crippen LogP contribution in [0.15, 0.2) is 5.11 Å². The topological polar surface area (TPSA) is 87.1 Å². The fourth-order valence-electron chi connectivity index (χ4n) is 1.35. The number of methoxy groups -OCH3 is 1. The van der Waals surface area contributed by atoms with E-state index in [-0.39, 0.29) is 12.0 Å². The van der Waals surface area contributed by atoms with Gasteiger partial charge in [0.05, 0.1) is 7.11 Å². The summed E-state index contributed by atoms with van der Waals surface area (Å²) in [5.74, 6) is 0.186. The van der Waals surface area contributed by atoms with Crippen LogP contribution in [0.4, 0.5) is 0 Å². The van der Waals surface area contributed by atoms with Gasteiger partial charge in [-0.1, -0.05) is 19.0 Å². The molecule has 1 unspecified atom stereocenters. The molecule has 0 aromatic carbocycles. The number of carbonyl (C=O) groups excluding carboxylic acids is 1. The Kier molecular flexibility index (Phi) is 8.29. The Bertz CT molecular complexity index is 249. The van der Waals surface area contributed by atoms with E-state index in [1.807, 2.05) is 0 Å². The highest BCUT2D eigenvalue weighted by Gasteiger charge is 2.19. The van der Waals surface area contributed by atoms with Gasteiger partial charge in [-0.05, 0) is 30.8 Å². The lowest BCUT2D eigenvalue weighted by molar-refractivity contribution is -0.143. The molecule has 0 amide bonds. The fourth-order valence-corrected chi connectivity index (χ4v) is 1.35. The van der Waals surface area contributed by atoms with Crippen molar-refractivity contribution in [3.05, 3.63) is 10.4 Å². The van der Waals surface area contributed by atoms with Gasteiger partial charge in [0.1, 0.15) is 6.04 Å². The van der Waals surface area contributed by atoms with Crippen molar-refractivity contribution < 1.29 is 9.53 Å². The van der Waals surface area contributed by atoms with Gasteiger partial charge in [0, 0.05) is 11.5 Å². The molecule has 6 nitrogen and oxygen atoms in total. The zero-order valence-corrected chi connectivity index (χ0v) is 10.1. The average Bonchev–Trinajstić information content (AvgIpc) is 2.25. The lowest BCUT2D eigenvalue weighted by Gasteiger charge is -2.17. The predicted octanol–water partition coefficient (Wildman–Crippen LogP) is 1.86. The number of nitrogens with one attached hydrogen (secondary N) is 1. The fraction of sp³-hybridized carbons (Fsp3) is 0.900. The molecule has 1 atom stereocenters. The van der Waals surface area contributed by atoms with Crippen molar-refractivity contribution in [3.63, 3.8) is 0 Å². The van der Waals surface area contributed by atoms with E-state index >= 15 is 0 Å². The standard InChI is InChI=1S/C10H20N4O2/c1-8(2)7-9(10(15)16-3)12-5-4-6-13-14-11/h8-9,12H,4-7H2,1-3H3. The first-order chi connectivity index (χ1) is 7.61. The Labute approximate surface area is 96.0 Å². The van der Waals surface area contributed by atoms with Gasteiger partial charge < -0.3 is 10.1 Å². The molecule has 1 N–H and O–H groups in total. The largest absolute Gasteiger partial charge is 0.468 e. The Hall–Kier alpha value is -1.26. The molecule has 92 valence electrons. The van der Waals surface area contributed by atoms with Crippen molar-refractivity contribution in [1.82, 2.24) is 5.32 Å². The number of nitrogens with zero attached hydrogens (tertiary/aromatic N) is 3. The lowest BCUT2D eigenvalue weighted by atomic mass is 10.0. The van der Waals surface area contributed by atoms with E-state index < -0.39 is 0 Å². The molecule has 0 aromatic rings. The van der Waals surface area contributed by atoms with Gasteiger partial charge in [-0.3, -0.25) is 4.79 Å². The van der Waals surface area contributed by atoms with Crippen LogP contribution in [0, 0.1) is 5.92 Å². The zero-order chi connectivity index (χ0) is 12.4. The maximum atomic E-state index is 11.4. The summed E-state index contributed by atoms with van der Waals surface area (Å²) in [5.41, 5.74) is 8.08. The van der Waals surface area contributed by atoms with Crippen molar-refractivity contribution >= 4 is 5.97 Å². The maximum Gasteiger partial charge on any atom is 0.322 e. The molecule has 0 aliphatic rings. The summed E-state index contributed by atoms with van der Waals surface area (Å²) >= 11 is 0. The van der Waals surface area contributed by atoms with Crippen LogP contribution in [0.5, 0.6) is 0 Å². The van der Waals surface area contributed by atoms with Crippen molar-refractivity contribution in [2.45, 2.75) is 32.7 Å². The van der Waals surface area contributed by atoms with E-state index in [9.17, 15) is 4.79 Å². The van der Waals surface area contributed by atoms with Crippen LogP contribution in [0.2, 0.25) is 0 Å². The van der Waals surface area contributed by atoms with Gasteiger partial charge in [0.2, 0.25) is 0 Å². The second kappa shape index (κ2) is 9.00. The first-order valence-electron chi connectivity index (χ1n) is 5.43. The molecule has 0 saturated heterocycles. The highest BCUT2D eigenvalue weighted by Crippen LogP contribution is 2.06. The van der Waals surface area contributed by atoms with E-state index in [1.54, 1.807) is 0 Å². The van der Waals surface area contributed by atoms with Crippen LogP contribution in [-0.2, 0) is 9.53 Å². The first kappa shape index (κ1) is 14.7. The monoisotopic (exact) mass is 228 g/mol. The number of carbonyl (C=O) groups is 1. The minimum atomic E-state index is -0.268.